The molecular weight excluding hydrogens is 232 g/mol. The minimum Gasteiger partial charge on any atom is -0.353 e. The molecular formula is C13H24N2OS. The number of rotatable bonds is 4. The molecule has 1 amide bonds. The second kappa shape index (κ2) is 5.19. The number of hydrogen-bond acceptors (Lipinski definition) is 3. The third-order valence-electron chi connectivity index (χ3n) is 4.47. The van der Waals surface area contributed by atoms with Crippen molar-refractivity contribution in [2.45, 2.75) is 61.7 Å². The summed E-state index contributed by atoms with van der Waals surface area (Å²) >= 11 is 1.92. The lowest BCUT2D eigenvalue weighted by Crippen LogP contribution is -2.60. The molecule has 2 aliphatic rings. The first kappa shape index (κ1) is 13.2. The Morgan fingerprint density at radius 1 is 1.18 bits per heavy atom. The molecule has 0 saturated heterocycles. The van der Waals surface area contributed by atoms with Crippen molar-refractivity contribution < 1.29 is 4.79 Å². The average Bonchev–Trinajstić information content (AvgIpc) is 2.34. The van der Waals surface area contributed by atoms with E-state index in [1.54, 1.807) is 0 Å². The van der Waals surface area contributed by atoms with Crippen LogP contribution in [0.4, 0.5) is 0 Å². The van der Waals surface area contributed by atoms with E-state index in [-0.39, 0.29) is 10.7 Å². The average molecular weight is 256 g/mol. The molecule has 0 spiro atoms. The number of carbonyl (C=O) groups is 1. The van der Waals surface area contributed by atoms with Crippen LogP contribution in [-0.4, -0.2) is 29.0 Å². The van der Waals surface area contributed by atoms with E-state index >= 15 is 0 Å². The highest BCUT2D eigenvalue weighted by molar-refractivity contribution is 8.00. The highest BCUT2D eigenvalue weighted by atomic mass is 32.2. The van der Waals surface area contributed by atoms with Crippen LogP contribution in [0.1, 0.15) is 51.4 Å². The molecule has 2 rings (SSSR count). The van der Waals surface area contributed by atoms with Gasteiger partial charge in [0, 0.05) is 11.3 Å². The monoisotopic (exact) mass is 256 g/mol. The predicted octanol–water partition coefficient (Wildman–Crippen LogP) is 2.05. The standard InChI is InChI=1S/C13H24N2OS/c1-17-12(6-3-2-4-7-12)10-15-11(16)13(14)8-5-9-13/h2-10,14H2,1H3,(H,15,16). The number of amides is 1. The summed E-state index contributed by atoms with van der Waals surface area (Å²) < 4.78 is 0.272. The molecule has 0 aliphatic heterocycles. The lowest BCUT2D eigenvalue weighted by molar-refractivity contribution is -0.129. The first-order valence-corrected chi connectivity index (χ1v) is 7.95. The van der Waals surface area contributed by atoms with Crippen molar-refractivity contribution in [3.63, 3.8) is 0 Å². The maximum atomic E-state index is 12.0. The second-order valence-corrected chi connectivity index (χ2v) is 6.91. The first-order chi connectivity index (χ1) is 8.10. The quantitative estimate of drug-likeness (QED) is 0.809. The highest BCUT2D eigenvalue weighted by Crippen LogP contribution is 2.38. The van der Waals surface area contributed by atoms with Crippen molar-refractivity contribution in [1.82, 2.24) is 5.32 Å². The zero-order valence-corrected chi connectivity index (χ0v) is 11.6. The molecule has 0 atom stereocenters. The van der Waals surface area contributed by atoms with Crippen molar-refractivity contribution >= 4 is 17.7 Å². The van der Waals surface area contributed by atoms with Gasteiger partial charge in [0.25, 0.3) is 0 Å². The van der Waals surface area contributed by atoms with E-state index in [2.05, 4.69) is 11.6 Å². The number of thioether (sulfide) groups is 1. The van der Waals surface area contributed by atoms with Crippen LogP contribution in [0.2, 0.25) is 0 Å². The van der Waals surface area contributed by atoms with Gasteiger partial charge in [0.1, 0.15) is 0 Å². The van der Waals surface area contributed by atoms with E-state index < -0.39 is 5.54 Å². The minimum atomic E-state index is -0.547. The fraction of sp³-hybridized carbons (Fsp3) is 0.923. The SMILES string of the molecule is CSC1(CNC(=O)C2(N)CCC2)CCCCC1. The molecule has 0 radical (unpaired) electrons. The van der Waals surface area contributed by atoms with Gasteiger partial charge in [-0.2, -0.15) is 11.8 Å². The zero-order chi connectivity index (χ0) is 12.4. The summed E-state index contributed by atoms with van der Waals surface area (Å²) in [6, 6.07) is 0. The molecule has 0 aromatic rings. The van der Waals surface area contributed by atoms with Crippen LogP contribution < -0.4 is 11.1 Å². The number of nitrogens with two attached hydrogens (primary N) is 1. The topological polar surface area (TPSA) is 55.1 Å². The third kappa shape index (κ3) is 2.79. The number of hydrogen-bond donors (Lipinski definition) is 2. The fourth-order valence-corrected chi connectivity index (χ4v) is 3.76. The van der Waals surface area contributed by atoms with E-state index in [1.807, 2.05) is 11.8 Å². The lowest BCUT2D eigenvalue weighted by atomic mass is 9.77. The molecule has 0 bridgehead atoms. The maximum Gasteiger partial charge on any atom is 0.240 e. The van der Waals surface area contributed by atoms with Gasteiger partial charge in [0.2, 0.25) is 5.91 Å². The minimum absolute atomic E-state index is 0.0720. The van der Waals surface area contributed by atoms with Gasteiger partial charge >= 0.3 is 0 Å². The van der Waals surface area contributed by atoms with Crippen LogP contribution in [0.15, 0.2) is 0 Å². The van der Waals surface area contributed by atoms with Crippen molar-refractivity contribution in [3.05, 3.63) is 0 Å². The summed E-state index contributed by atoms with van der Waals surface area (Å²) in [5, 5.41) is 3.10. The molecule has 0 unspecified atom stereocenters. The Bertz CT molecular complexity index is 283. The molecule has 17 heavy (non-hydrogen) atoms. The van der Waals surface area contributed by atoms with Crippen molar-refractivity contribution in [2.75, 3.05) is 12.8 Å². The van der Waals surface area contributed by atoms with Crippen LogP contribution in [0.5, 0.6) is 0 Å². The van der Waals surface area contributed by atoms with Crippen LogP contribution in [0, 0.1) is 0 Å². The molecule has 0 aromatic heterocycles. The van der Waals surface area contributed by atoms with E-state index in [0.717, 1.165) is 25.8 Å². The van der Waals surface area contributed by atoms with E-state index in [9.17, 15) is 4.79 Å². The van der Waals surface area contributed by atoms with Gasteiger partial charge in [-0.3, -0.25) is 4.79 Å². The summed E-state index contributed by atoms with van der Waals surface area (Å²) in [4.78, 5) is 12.0. The van der Waals surface area contributed by atoms with E-state index in [0.29, 0.717) is 0 Å². The summed E-state index contributed by atoms with van der Waals surface area (Å²) in [6.45, 7) is 0.798. The molecule has 2 fully saturated rings. The third-order valence-corrected chi connectivity index (χ3v) is 5.89. The second-order valence-electron chi connectivity index (χ2n) is 5.64. The van der Waals surface area contributed by atoms with Gasteiger partial charge in [-0.15, -0.1) is 0 Å². The largest absolute Gasteiger partial charge is 0.353 e. The molecule has 3 N–H and O–H groups in total. The van der Waals surface area contributed by atoms with E-state index in [1.165, 1.54) is 32.1 Å². The summed E-state index contributed by atoms with van der Waals surface area (Å²) in [5.74, 6) is 0.0720. The summed E-state index contributed by atoms with van der Waals surface area (Å²) in [7, 11) is 0. The van der Waals surface area contributed by atoms with Crippen molar-refractivity contribution in [1.29, 1.82) is 0 Å². The number of nitrogens with one attached hydrogen (secondary N) is 1. The smallest absolute Gasteiger partial charge is 0.240 e. The van der Waals surface area contributed by atoms with Gasteiger partial charge in [-0.05, 0) is 38.4 Å². The Morgan fingerprint density at radius 3 is 2.29 bits per heavy atom. The Labute approximate surface area is 108 Å². The van der Waals surface area contributed by atoms with Crippen LogP contribution in [-0.2, 0) is 4.79 Å². The Balaban J connectivity index is 1.85. The highest BCUT2D eigenvalue weighted by Gasteiger charge is 2.41. The zero-order valence-electron chi connectivity index (χ0n) is 10.8. The first-order valence-electron chi connectivity index (χ1n) is 6.73. The summed E-state index contributed by atoms with van der Waals surface area (Å²) in [6.07, 6.45) is 11.4. The van der Waals surface area contributed by atoms with Crippen molar-refractivity contribution in [2.24, 2.45) is 5.73 Å². The Kier molecular flexibility index (Phi) is 4.03. The molecule has 2 saturated carbocycles. The van der Waals surface area contributed by atoms with Gasteiger partial charge in [-0.25, -0.2) is 0 Å². The van der Waals surface area contributed by atoms with Crippen LogP contribution in [0.25, 0.3) is 0 Å². The van der Waals surface area contributed by atoms with Crippen LogP contribution in [0.3, 0.4) is 0 Å². The van der Waals surface area contributed by atoms with Gasteiger partial charge in [-0.1, -0.05) is 19.3 Å². The number of carbonyl (C=O) groups excluding carboxylic acids is 1. The molecule has 98 valence electrons. The molecule has 3 nitrogen and oxygen atoms in total. The van der Waals surface area contributed by atoms with Gasteiger partial charge in [0.15, 0.2) is 0 Å². The van der Waals surface area contributed by atoms with Crippen molar-refractivity contribution in [3.8, 4) is 0 Å². The van der Waals surface area contributed by atoms with Gasteiger partial charge in [0.05, 0.1) is 5.54 Å². The van der Waals surface area contributed by atoms with E-state index in [4.69, 9.17) is 5.73 Å². The Hall–Kier alpha value is -0.220. The summed E-state index contributed by atoms with van der Waals surface area (Å²) in [5.41, 5.74) is 5.48. The molecule has 4 heteroatoms. The predicted molar refractivity (Wildman–Crippen MR) is 73.1 cm³/mol. The maximum absolute atomic E-state index is 12.0. The van der Waals surface area contributed by atoms with Crippen LogP contribution >= 0.6 is 11.8 Å². The molecule has 2 aliphatic carbocycles. The Morgan fingerprint density at radius 2 is 1.82 bits per heavy atom. The molecule has 0 heterocycles. The fourth-order valence-electron chi connectivity index (χ4n) is 2.85. The molecule has 0 aromatic carbocycles. The normalized spacial score (nSPS) is 26.0. The lowest BCUT2D eigenvalue weighted by Gasteiger charge is -2.40. The van der Waals surface area contributed by atoms with Gasteiger partial charge < -0.3 is 11.1 Å².